The first-order valence-corrected chi connectivity index (χ1v) is 12.3. The second-order valence-electron chi connectivity index (χ2n) is 8.74. The largest absolute Gasteiger partial charge is 0.493 e. The highest BCUT2D eigenvalue weighted by Crippen LogP contribution is 2.38. The van der Waals surface area contributed by atoms with E-state index in [1.807, 2.05) is 23.1 Å². The van der Waals surface area contributed by atoms with Crippen LogP contribution in [0, 0.1) is 0 Å². The van der Waals surface area contributed by atoms with Crippen LogP contribution in [0.15, 0.2) is 60.7 Å². The maximum Gasteiger partial charge on any atom is 0.337 e. The maximum absolute atomic E-state index is 13.4. The zero-order chi connectivity index (χ0) is 27.9. The predicted molar refractivity (Wildman–Crippen MR) is 146 cm³/mol. The van der Waals surface area contributed by atoms with E-state index in [0.717, 1.165) is 5.69 Å². The Balaban J connectivity index is 1.59. The number of hydrogen-bond donors (Lipinski definition) is 1. The Morgan fingerprint density at radius 2 is 1.36 bits per heavy atom. The molecule has 0 aliphatic carbocycles. The second kappa shape index (κ2) is 12.2. The lowest BCUT2D eigenvalue weighted by molar-refractivity contribution is 0.0600. The van der Waals surface area contributed by atoms with Crippen LogP contribution < -0.4 is 24.4 Å². The van der Waals surface area contributed by atoms with Gasteiger partial charge < -0.3 is 34.1 Å². The molecule has 0 atom stereocenters. The summed E-state index contributed by atoms with van der Waals surface area (Å²) in [6.07, 6.45) is 0. The molecule has 0 spiro atoms. The molecule has 1 saturated heterocycles. The van der Waals surface area contributed by atoms with Gasteiger partial charge in [0.15, 0.2) is 11.5 Å². The number of ether oxygens (including phenoxy) is 4. The number of carbonyl (C=O) groups excluding carboxylic acids is 3. The van der Waals surface area contributed by atoms with Gasteiger partial charge in [0.2, 0.25) is 5.75 Å². The van der Waals surface area contributed by atoms with Crippen molar-refractivity contribution in [3.05, 3.63) is 77.4 Å². The summed E-state index contributed by atoms with van der Waals surface area (Å²) in [6.45, 7) is 2.10. The minimum absolute atomic E-state index is 0.0211. The number of esters is 1. The average Bonchev–Trinajstić information content (AvgIpc) is 2.99. The van der Waals surface area contributed by atoms with Gasteiger partial charge >= 0.3 is 5.97 Å². The van der Waals surface area contributed by atoms with Crippen molar-refractivity contribution in [2.45, 2.75) is 0 Å². The fourth-order valence-corrected chi connectivity index (χ4v) is 4.48. The molecule has 1 aliphatic heterocycles. The van der Waals surface area contributed by atoms with E-state index >= 15 is 0 Å². The van der Waals surface area contributed by atoms with Crippen molar-refractivity contribution in [2.24, 2.45) is 0 Å². The Morgan fingerprint density at radius 3 is 1.92 bits per heavy atom. The van der Waals surface area contributed by atoms with E-state index in [1.54, 1.807) is 42.5 Å². The molecule has 39 heavy (non-hydrogen) atoms. The molecule has 0 radical (unpaired) electrons. The lowest BCUT2D eigenvalue weighted by atomic mass is 10.1. The van der Waals surface area contributed by atoms with Crippen LogP contribution in [0.25, 0.3) is 0 Å². The number of carbonyl (C=O) groups is 3. The summed E-state index contributed by atoms with van der Waals surface area (Å²) in [4.78, 5) is 42.4. The quantitative estimate of drug-likeness (QED) is 0.437. The molecule has 4 rings (SSSR count). The Labute approximate surface area is 227 Å². The molecular formula is C29H31N3O7. The third-order valence-electron chi connectivity index (χ3n) is 6.52. The molecule has 0 unspecified atom stereocenters. The van der Waals surface area contributed by atoms with Crippen LogP contribution in [0.4, 0.5) is 11.4 Å². The van der Waals surface area contributed by atoms with E-state index < -0.39 is 11.9 Å². The van der Waals surface area contributed by atoms with E-state index in [-0.39, 0.29) is 11.5 Å². The molecule has 1 fully saturated rings. The van der Waals surface area contributed by atoms with Gasteiger partial charge in [-0.05, 0) is 42.5 Å². The zero-order valence-corrected chi connectivity index (χ0v) is 22.4. The molecular weight excluding hydrogens is 502 g/mol. The van der Waals surface area contributed by atoms with Crippen LogP contribution in [-0.2, 0) is 4.74 Å². The standard InChI is InChI=1S/C29H31N3O7/c1-36-24-17-21(18-25(37-2)26(24)38-3)27(33)30-22-16-20(29(35)39-4)10-11-23(22)31-12-14-32(15-13-31)28(34)19-8-6-5-7-9-19/h5-11,16-18H,12-15H2,1-4H3,(H,30,33). The summed E-state index contributed by atoms with van der Waals surface area (Å²) < 4.78 is 21.0. The van der Waals surface area contributed by atoms with Crippen molar-refractivity contribution in [2.75, 3.05) is 64.8 Å². The van der Waals surface area contributed by atoms with Crippen LogP contribution in [0.2, 0.25) is 0 Å². The number of methoxy groups -OCH3 is 4. The lowest BCUT2D eigenvalue weighted by Crippen LogP contribution is -2.49. The van der Waals surface area contributed by atoms with Gasteiger partial charge in [-0.25, -0.2) is 4.79 Å². The highest BCUT2D eigenvalue weighted by molar-refractivity contribution is 6.07. The van der Waals surface area contributed by atoms with Gasteiger partial charge in [-0.2, -0.15) is 0 Å². The van der Waals surface area contributed by atoms with E-state index in [0.29, 0.717) is 60.2 Å². The monoisotopic (exact) mass is 533 g/mol. The predicted octanol–water partition coefficient (Wildman–Crippen LogP) is 3.71. The zero-order valence-electron chi connectivity index (χ0n) is 22.4. The summed E-state index contributed by atoms with van der Waals surface area (Å²) in [5, 5.41) is 2.92. The van der Waals surface area contributed by atoms with Crippen molar-refractivity contribution in [3.8, 4) is 17.2 Å². The topological polar surface area (TPSA) is 107 Å². The lowest BCUT2D eigenvalue weighted by Gasteiger charge is -2.37. The molecule has 3 aromatic rings. The van der Waals surface area contributed by atoms with Gasteiger partial charge in [-0.3, -0.25) is 9.59 Å². The van der Waals surface area contributed by atoms with E-state index in [9.17, 15) is 14.4 Å². The number of benzene rings is 3. The number of amides is 2. The fourth-order valence-electron chi connectivity index (χ4n) is 4.48. The van der Waals surface area contributed by atoms with Crippen molar-refractivity contribution >= 4 is 29.2 Å². The van der Waals surface area contributed by atoms with Gasteiger partial charge in [0.05, 0.1) is 45.4 Å². The fraction of sp³-hybridized carbons (Fsp3) is 0.276. The van der Waals surface area contributed by atoms with Crippen molar-refractivity contribution in [1.29, 1.82) is 0 Å². The van der Waals surface area contributed by atoms with Crippen LogP contribution >= 0.6 is 0 Å². The number of hydrogen-bond acceptors (Lipinski definition) is 8. The first-order valence-electron chi connectivity index (χ1n) is 12.3. The number of piperazine rings is 1. The SMILES string of the molecule is COC(=O)c1ccc(N2CCN(C(=O)c3ccccc3)CC2)c(NC(=O)c2cc(OC)c(OC)c(OC)c2)c1. The Morgan fingerprint density at radius 1 is 0.718 bits per heavy atom. The molecule has 0 aromatic heterocycles. The summed E-state index contributed by atoms with van der Waals surface area (Å²) >= 11 is 0. The van der Waals surface area contributed by atoms with Crippen LogP contribution in [0.1, 0.15) is 31.1 Å². The number of nitrogens with one attached hydrogen (secondary N) is 1. The molecule has 2 amide bonds. The molecule has 1 N–H and O–H groups in total. The van der Waals surface area contributed by atoms with Crippen LogP contribution in [0.5, 0.6) is 17.2 Å². The first-order chi connectivity index (χ1) is 18.9. The molecule has 10 nitrogen and oxygen atoms in total. The van der Waals surface area contributed by atoms with Gasteiger partial charge in [-0.1, -0.05) is 18.2 Å². The number of anilines is 2. The minimum atomic E-state index is -0.525. The number of rotatable bonds is 8. The molecule has 0 bridgehead atoms. The summed E-state index contributed by atoms with van der Waals surface area (Å²) in [6, 6.07) is 17.3. The van der Waals surface area contributed by atoms with Gasteiger partial charge in [0.25, 0.3) is 11.8 Å². The van der Waals surface area contributed by atoms with Crippen LogP contribution in [-0.4, -0.2) is 77.3 Å². The summed E-state index contributed by atoms with van der Waals surface area (Å²) in [5.41, 5.74) is 2.36. The van der Waals surface area contributed by atoms with Crippen LogP contribution in [0.3, 0.4) is 0 Å². The minimum Gasteiger partial charge on any atom is -0.493 e. The number of nitrogens with zero attached hydrogens (tertiary/aromatic N) is 2. The Hall–Kier alpha value is -4.73. The maximum atomic E-state index is 13.4. The van der Waals surface area contributed by atoms with Gasteiger partial charge in [0.1, 0.15) is 0 Å². The third-order valence-corrected chi connectivity index (χ3v) is 6.52. The average molecular weight is 534 g/mol. The Kier molecular flexibility index (Phi) is 8.55. The highest BCUT2D eigenvalue weighted by atomic mass is 16.5. The van der Waals surface area contributed by atoms with E-state index in [4.69, 9.17) is 18.9 Å². The molecule has 1 aliphatic rings. The second-order valence-corrected chi connectivity index (χ2v) is 8.74. The summed E-state index contributed by atoms with van der Waals surface area (Å²) in [7, 11) is 5.73. The molecule has 10 heteroatoms. The van der Waals surface area contributed by atoms with Gasteiger partial charge in [-0.15, -0.1) is 0 Å². The molecule has 0 saturated carbocycles. The summed E-state index contributed by atoms with van der Waals surface area (Å²) in [5.74, 6) is 0.0630. The van der Waals surface area contributed by atoms with E-state index in [1.165, 1.54) is 28.4 Å². The molecule has 1 heterocycles. The van der Waals surface area contributed by atoms with Crippen molar-refractivity contribution in [3.63, 3.8) is 0 Å². The first kappa shape index (κ1) is 27.3. The van der Waals surface area contributed by atoms with E-state index in [2.05, 4.69) is 10.2 Å². The highest BCUT2D eigenvalue weighted by Gasteiger charge is 2.25. The normalized spacial score (nSPS) is 12.9. The third kappa shape index (κ3) is 5.90. The van der Waals surface area contributed by atoms with Gasteiger partial charge in [0, 0.05) is 37.3 Å². The molecule has 204 valence electrons. The smallest absolute Gasteiger partial charge is 0.337 e. The van der Waals surface area contributed by atoms with Crippen molar-refractivity contribution in [1.82, 2.24) is 4.90 Å². The molecule has 3 aromatic carbocycles. The van der Waals surface area contributed by atoms with Crippen molar-refractivity contribution < 1.29 is 33.3 Å². The Bertz CT molecular complexity index is 1330.